The van der Waals surface area contributed by atoms with Crippen molar-refractivity contribution in [2.24, 2.45) is 5.92 Å². The number of rotatable bonds is 7. The van der Waals surface area contributed by atoms with E-state index in [-0.39, 0.29) is 0 Å². The molecule has 0 spiro atoms. The summed E-state index contributed by atoms with van der Waals surface area (Å²) < 4.78 is 11.0. The Hall–Kier alpha value is -1.75. The van der Waals surface area contributed by atoms with Crippen molar-refractivity contribution >= 4 is 22.8 Å². The molecule has 2 aromatic rings. The van der Waals surface area contributed by atoms with Gasteiger partial charge in [0.15, 0.2) is 5.58 Å². The lowest BCUT2D eigenvalue weighted by atomic mass is 10.1. The molecule has 5 heteroatoms. The van der Waals surface area contributed by atoms with Gasteiger partial charge in [-0.1, -0.05) is 13.8 Å². The zero-order chi connectivity index (χ0) is 13.7. The van der Waals surface area contributed by atoms with Gasteiger partial charge in [0.25, 0.3) is 6.01 Å². The van der Waals surface area contributed by atoms with E-state index in [9.17, 15) is 0 Å². The maximum Gasteiger partial charge on any atom is 0.295 e. The molecule has 0 aliphatic rings. The largest absolute Gasteiger partial charge is 0.424 e. The Morgan fingerprint density at radius 2 is 2.21 bits per heavy atom. The molecule has 1 heterocycles. The second kappa shape index (κ2) is 6.43. The standard InChI is InChI=1S/C14H21N3O2/c1-10(2)5-7-18-8-6-16-14-17-12-9-11(15)3-4-13(12)19-14/h3-4,9-10H,5-8,15H2,1-2H3,(H,16,17). The molecule has 1 aromatic carbocycles. The van der Waals surface area contributed by atoms with Gasteiger partial charge in [0, 0.05) is 18.8 Å². The summed E-state index contributed by atoms with van der Waals surface area (Å²) in [5, 5.41) is 3.10. The molecule has 0 fully saturated rings. The number of hydrogen-bond donors (Lipinski definition) is 2. The summed E-state index contributed by atoms with van der Waals surface area (Å²) in [4.78, 5) is 4.31. The minimum atomic E-state index is 0.507. The number of nitrogens with zero attached hydrogens (tertiary/aromatic N) is 1. The fraction of sp³-hybridized carbons (Fsp3) is 0.500. The van der Waals surface area contributed by atoms with Gasteiger partial charge in [0.05, 0.1) is 6.61 Å². The van der Waals surface area contributed by atoms with Crippen LogP contribution in [0.5, 0.6) is 0 Å². The number of anilines is 2. The summed E-state index contributed by atoms with van der Waals surface area (Å²) >= 11 is 0. The maximum atomic E-state index is 5.69. The van der Waals surface area contributed by atoms with E-state index in [2.05, 4.69) is 24.1 Å². The average Bonchev–Trinajstić information content (AvgIpc) is 2.75. The third-order valence-corrected chi connectivity index (χ3v) is 2.77. The molecule has 1 aromatic heterocycles. The van der Waals surface area contributed by atoms with Crippen molar-refractivity contribution in [2.45, 2.75) is 20.3 Å². The average molecular weight is 263 g/mol. The Morgan fingerprint density at radius 1 is 1.37 bits per heavy atom. The van der Waals surface area contributed by atoms with Gasteiger partial charge in [0.2, 0.25) is 0 Å². The van der Waals surface area contributed by atoms with Gasteiger partial charge in [-0.3, -0.25) is 0 Å². The normalized spacial score (nSPS) is 11.3. The molecule has 0 amide bonds. The highest BCUT2D eigenvalue weighted by Crippen LogP contribution is 2.20. The first kappa shape index (κ1) is 13.7. The van der Waals surface area contributed by atoms with E-state index in [1.54, 1.807) is 12.1 Å². The Kier molecular flexibility index (Phi) is 4.63. The lowest BCUT2D eigenvalue weighted by Gasteiger charge is -2.06. The number of ether oxygens (including phenoxy) is 1. The quantitative estimate of drug-likeness (QED) is 0.593. The number of aromatic nitrogens is 1. The van der Waals surface area contributed by atoms with Crippen LogP contribution in [0, 0.1) is 5.92 Å². The molecule has 19 heavy (non-hydrogen) atoms. The van der Waals surface area contributed by atoms with E-state index in [4.69, 9.17) is 14.9 Å². The van der Waals surface area contributed by atoms with Crippen molar-refractivity contribution < 1.29 is 9.15 Å². The zero-order valence-corrected chi connectivity index (χ0v) is 11.5. The predicted molar refractivity (Wildman–Crippen MR) is 77.2 cm³/mol. The van der Waals surface area contributed by atoms with Crippen molar-refractivity contribution in [3.05, 3.63) is 18.2 Å². The van der Waals surface area contributed by atoms with Crippen LogP contribution in [0.15, 0.2) is 22.6 Å². The van der Waals surface area contributed by atoms with E-state index < -0.39 is 0 Å². The minimum absolute atomic E-state index is 0.507. The van der Waals surface area contributed by atoms with Crippen LogP contribution < -0.4 is 11.1 Å². The molecule has 5 nitrogen and oxygen atoms in total. The smallest absolute Gasteiger partial charge is 0.295 e. The summed E-state index contributed by atoms with van der Waals surface area (Å²) in [6.45, 7) is 6.49. The molecule has 0 radical (unpaired) electrons. The molecular weight excluding hydrogens is 242 g/mol. The van der Waals surface area contributed by atoms with Crippen LogP contribution in [0.4, 0.5) is 11.7 Å². The van der Waals surface area contributed by atoms with E-state index in [0.717, 1.165) is 24.1 Å². The van der Waals surface area contributed by atoms with Crippen molar-refractivity contribution in [1.82, 2.24) is 4.98 Å². The number of nitrogen functional groups attached to an aromatic ring is 1. The second-order valence-corrected chi connectivity index (χ2v) is 4.97. The predicted octanol–water partition coefficient (Wildman–Crippen LogP) is 2.88. The van der Waals surface area contributed by atoms with Crippen LogP contribution in [0.1, 0.15) is 20.3 Å². The molecule has 2 rings (SSSR count). The number of oxazole rings is 1. The van der Waals surface area contributed by atoms with Gasteiger partial charge in [0.1, 0.15) is 5.52 Å². The van der Waals surface area contributed by atoms with Gasteiger partial charge in [-0.25, -0.2) is 0 Å². The van der Waals surface area contributed by atoms with E-state index in [1.807, 2.05) is 6.07 Å². The third-order valence-electron chi connectivity index (χ3n) is 2.77. The van der Waals surface area contributed by atoms with Crippen LogP contribution in [-0.4, -0.2) is 24.7 Å². The highest BCUT2D eigenvalue weighted by Gasteiger charge is 2.04. The monoisotopic (exact) mass is 263 g/mol. The number of nitrogens with two attached hydrogens (primary N) is 1. The summed E-state index contributed by atoms with van der Waals surface area (Å²) in [6.07, 6.45) is 1.09. The lowest BCUT2D eigenvalue weighted by molar-refractivity contribution is 0.132. The van der Waals surface area contributed by atoms with Gasteiger partial charge in [-0.05, 0) is 30.5 Å². The van der Waals surface area contributed by atoms with Crippen molar-refractivity contribution in [3.8, 4) is 0 Å². The van der Waals surface area contributed by atoms with Crippen molar-refractivity contribution in [1.29, 1.82) is 0 Å². The van der Waals surface area contributed by atoms with Gasteiger partial charge in [-0.2, -0.15) is 4.98 Å². The zero-order valence-electron chi connectivity index (χ0n) is 11.5. The molecule has 0 bridgehead atoms. The van der Waals surface area contributed by atoms with E-state index in [1.165, 1.54) is 0 Å². The Labute approximate surface area is 113 Å². The molecule has 0 aliphatic heterocycles. The molecule has 0 aliphatic carbocycles. The van der Waals surface area contributed by atoms with Gasteiger partial charge in [-0.15, -0.1) is 0 Å². The first-order valence-electron chi connectivity index (χ1n) is 6.63. The van der Waals surface area contributed by atoms with Crippen molar-refractivity contribution in [2.75, 3.05) is 30.8 Å². The van der Waals surface area contributed by atoms with Gasteiger partial charge >= 0.3 is 0 Å². The summed E-state index contributed by atoms with van der Waals surface area (Å²) in [5.41, 5.74) is 7.88. The maximum absolute atomic E-state index is 5.69. The van der Waals surface area contributed by atoms with Crippen LogP contribution >= 0.6 is 0 Å². The fourth-order valence-corrected chi connectivity index (χ4v) is 1.67. The summed E-state index contributed by atoms with van der Waals surface area (Å²) in [6, 6.07) is 5.92. The van der Waals surface area contributed by atoms with E-state index in [0.29, 0.717) is 30.8 Å². The molecule has 0 unspecified atom stereocenters. The molecule has 104 valence electrons. The second-order valence-electron chi connectivity index (χ2n) is 4.97. The van der Waals surface area contributed by atoms with Crippen LogP contribution in [-0.2, 0) is 4.74 Å². The topological polar surface area (TPSA) is 73.3 Å². The lowest BCUT2D eigenvalue weighted by Crippen LogP contribution is -2.10. The number of benzene rings is 1. The van der Waals surface area contributed by atoms with Crippen LogP contribution in [0.2, 0.25) is 0 Å². The Bertz CT molecular complexity index is 522. The summed E-state index contributed by atoms with van der Waals surface area (Å²) in [7, 11) is 0. The third kappa shape index (κ3) is 4.13. The van der Waals surface area contributed by atoms with Crippen molar-refractivity contribution in [3.63, 3.8) is 0 Å². The molecule has 3 N–H and O–H groups in total. The SMILES string of the molecule is CC(C)CCOCCNc1nc2cc(N)ccc2o1. The number of hydrogen-bond acceptors (Lipinski definition) is 5. The Morgan fingerprint density at radius 3 is 3.00 bits per heavy atom. The van der Waals surface area contributed by atoms with Crippen LogP contribution in [0.25, 0.3) is 11.1 Å². The first-order valence-corrected chi connectivity index (χ1v) is 6.63. The molecule has 0 saturated carbocycles. The number of nitrogens with one attached hydrogen (secondary N) is 1. The highest BCUT2D eigenvalue weighted by atomic mass is 16.5. The first-order chi connectivity index (χ1) is 9.15. The van der Waals surface area contributed by atoms with Gasteiger partial charge < -0.3 is 20.2 Å². The number of fused-ring (bicyclic) bond motifs is 1. The summed E-state index contributed by atoms with van der Waals surface area (Å²) in [5.74, 6) is 0.676. The molecule has 0 atom stereocenters. The molecular formula is C14H21N3O2. The van der Waals surface area contributed by atoms with E-state index >= 15 is 0 Å². The fourth-order valence-electron chi connectivity index (χ4n) is 1.67. The highest BCUT2D eigenvalue weighted by molar-refractivity contribution is 5.78. The minimum Gasteiger partial charge on any atom is -0.424 e. The molecule has 0 saturated heterocycles. The Balaban J connectivity index is 1.75. The van der Waals surface area contributed by atoms with Crippen LogP contribution in [0.3, 0.4) is 0 Å².